The van der Waals surface area contributed by atoms with Crippen LogP contribution in [0, 0.1) is 0 Å². The van der Waals surface area contributed by atoms with E-state index < -0.39 is 5.97 Å². The van der Waals surface area contributed by atoms with Crippen LogP contribution in [0.2, 0.25) is 0 Å². The normalized spacial score (nSPS) is 10.2. The van der Waals surface area contributed by atoms with Crippen LogP contribution in [-0.4, -0.2) is 34.3 Å². The third-order valence-corrected chi connectivity index (χ3v) is 2.56. The molecule has 0 saturated carbocycles. The Labute approximate surface area is 109 Å². The lowest BCUT2D eigenvalue weighted by atomic mass is 10.1. The van der Waals surface area contributed by atoms with Crippen molar-refractivity contribution in [2.45, 2.75) is 6.54 Å². The number of aromatic nitrogens is 2. The Balaban J connectivity index is 2.44. The summed E-state index contributed by atoms with van der Waals surface area (Å²) in [6.07, 6.45) is 2.07. The van der Waals surface area contributed by atoms with Crippen LogP contribution in [0.5, 0.6) is 5.75 Å². The molecular formula is C13H12N2O4. The molecule has 2 rings (SSSR count). The molecule has 0 radical (unpaired) electrons. The van der Waals surface area contributed by atoms with Gasteiger partial charge in [-0.1, -0.05) is 12.1 Å². The van der Waals surface area contributed by atoms with Gasteiger partial charge in [0, 0.05) is 11.8 Å². The molecule has 0 atom stereocenters. The van der Waals surface area contributed by atoms with Crippen molar-refractivity contribution in [3.05, 3.63) is 36.0 Å². The average molecular weight is 260 g/mol. The molecule has 19 heavy (non-hydrogen) atoms. The number of methoxy groups -OCH3 is 1. The number of aldehydes is 1. The zero-order chi connectivity index (χ0) is 13.8. The molecule has 0 aliphatic carbocycles. The Morgan fingerprint density at radius 3 is 2.95 bits per heavy atom. The van der Waals surface area contributed by atoms with E-state index in [4.69, 9.17) is 9.84 Å². The Hall–Kier alpha value is -2.63. The molecular weight excluding hydrogens is 248 g/mol. The van der Waals surface area contributed by atoms with Gasteiger partial charge >= 0.3 is 5.97 Å². The molecule has 6 nitrogen and oxygen atoms in total. The summed E-state index contributed by atoms with van der Waals surface area (Å²) >= 11 is 0. The van der Waals surface area contributed by atoms with Crippen LogP contribution in [0.1, 0.15) is 10.4 Å². The molecule has 1 aromatic heterocycles. The minimum atomic E-state index is -1.02. The molecule has 1 N–H and O–H groups in total. The maximum atomic E-state index is 11.0. The Bertz CT molecular complexity index is 619. The zero-order valence-corrected chi connectivity index (χ0v) is 10.2. The Morgan fingerprint density at radius 1 is 1.53 bits per heavy atom. The van der Waals surface area contributed by atoms with Gasteiger partial charge in [-0.2, -0.15) is 5.10 Å². The number of carbonyl (C=O) groups is 2. The minimum absolute atomic E-state index is 0.287. The minimum Gasteiger partial charge on any atom is -0.497 e. The SMILES string of the molecule is COc1cccc(-c2nn(CC(=O)O)cc2C=O)c1. The first kappa shape index (κ1) is 12.8. The summed E-state index contributed by atoms with van der Waals surface area (Å²) in [6.45, 7) is -0.287. The number of hydrogen-bond donors (Lipinski definition) is 1. The highest BCUT2D eigenvalue weighted by atomic mass is 16.5. The highest BCUT2D eigenvalue weighted by Crippen LogP contribution is 2.24. The highest BCUT2D eigenvalue weighted by Gasteiger charge is 2.12. The van der Waals surface area contributed by atoms with Crippen molar-refractivity contribution >= 4 is 12.3 Å². The van der Waals surface area contributed by atoms with Crippen molar-refractivity contribution in [2.75, 3.05) is 7.11 Å². The van der Waals surface area contributed by atoms with Crippen molar-refractivity contribution in [1.29, 1.82) is 0 Å². The molecule has 2 aromatic rings. The molecule has 1 aromatic carbocycles. The number of rotatable bonds is 5. The second-order valence-electron chi connectivity index (χ2n) is 3.87. The number of aliphatic carboxylic acids is 1. The number of hydrogen-bond acceptors (Lipinski definition) is 4. The maximum Gasteiger partial charge on any atom is 0.325 e. The molecule has 0 unspecified atom stereocenters. The average Bonchev–Trinajstić information content (AvgIpc) is 2.81. The van der Waals surface area contributed by atoms with Crippen molar-refractivity contribution in [3.63, 3.8) is 0 Å². The summed E-state index contributed by atoms with van der Waals surface area (Å²) < 4.78 is 6.33. The summed E-state index contributed by atoms with van der Waals surface area (Å²) in [5, 5.41) is 12.8. The standard InChI is InChI=1S/C13H12N2O4/c1-19-11-4-2-3-9(5-11)13-10(8-16)6-15(14-13)7-12(17)18/h2-6,8H,7H2,1H3,(H,17,18). The van der Waals surface area contributed by atoms with Gasteiger partial charge in [-0.15, -0.1) is 0 Å². The summed E-state index contributed by atoms with van der Waals surface area (Å²) in [6, 6.07) is 7.07. The molecule has 1 heterocycles. The van der Waals surface area contributed by atoms with Gasteiger partial charge in [-0.25, -0.2) is 0 Å². The number of carbonyl (C=O) groups excluding carboxylic acids is 1. The van der Waals surface area contributed by atoms with Crippen LogP contribution in [0.3, 0.4) is 0 Å². The predicted octanol–water partition coefficient (Wildman–Crippen LogP) is 1.46. The van der Waals surface area contributed by atoms with E-state index in [9.17, 15) is 9.59 Å². The fourth-order valence-corrected chi connectivity index (χ4v) is 1.74. The van der Waals surface area contributed by atoms with Crippen LogP contribution < -0.4 is 4.74 Å². The first-order chi connectivity index (χ1) is 9.13. The monoisotopic (exact) mass is 260 g/mol. The van der Waals surface area contributed by atoms with Crippen molar-refractivity contribution in [1.82, 2.24) is 9.78 Å². The molecule has 0 saturated heterocycles. The molecule has 98 valence electrons. The van der Waals surface area contributed by atoms with Crippen LogP contribution in [0.25, 0.3) is 11.3 Å². The van der Waals surface area contributed by atoms with E-state index in [1.54, 1.807) is 31.4 Å². The van der Waals surface area contributed by atoms with E-state index in [-0.39, 0.29) is 6.54 Å². The van der Waals surface area contributed by atoms with Crippen molar-refractivity contribution in [2.24, 2.45) is 0 Å². The van der Waals surface area contributed by atoms with Crippen LogP contribution >= 0.6 is 0 Å². The van der Waals surface area contributed by atoms with Gasteiger partial charge in [0.2, 0.25) is 0 Å². The van der Waals surface area contributed by atoms with Gasteiger partial charge in [-0.3, -0.25) is 14.3 Å². The van der Waals surface area contributed by atoms with E-state index in [1.165, 1.54) is 10.9 Å². The second-order valence-corrected chi connectivity index (χ2v) is 3.87. The number of nitrogens with zero attached hydrogens (tertiary/aromatic N) is 2. The molecule has 6 heteroatoms. The summed E-state index contributed by atoms with van der Waals surface area (Å²) in [5.41, 5.74) is 1.48. The van der Waals surface area contributed by atoms with Gasteiger partial charge in [0.25, 0.3) is 0 Å². The molecule has 0 bridgehead atoms. The second kappa shape index (κ2) is 5.34. The molecule has 0 amide bonds. The van der Waals surface area contributed by atoms with E-state index in [0.29, 0.717) is 28.9 Å². The quantitative estimate of drug-likeness (QED) is 0.823. The number of carboxylic acid groups (broad SMARTS) is 1. The van der Waals surface area contributed by atoms with Crippen molar-refractivity contribution < 1.29 is 19.4 Å². The van der Waals surface area contributed by atoms with E-state index in [0.717, 1.165) is 0 Å². The van der Waals surface area contributed by atoms with Gasteiger partial charge in [0.05, 0.1) is 12.7 Å². The number of ether oxygens (including phenoxy) is 1. The fraction of sp³-hybridized carbons (Fsp3) is 0.154. The van der Waals surface area contributed by atoms with E-state index in [1.807, 2.05) is 0 Å². The van der Waals surface area contributed by atoms with Gasteiger partial charge in [-0.05, 0) is 12.1 Å². The summed E-state index contributed by atoms with van der Waals surface area (Å²) in [5.74, 6) is -0.376. The summed E-state index contributed by atoms with van der Waals surface area (Å²) in [4.78, 5) is 21.7. The van der Waals surface area contributed by atoms with Gasteiger partial charge < -0.3 is 9.84 Å². The summed E-state index contributed by atoms with van der Waals surface area (Å²) in [7, 11) is 1.54. The van der Waals surface area contributed by atoms with E-state index >= 15 is 0 Å². The molecule has 0 spiro atoms. The smallest absolute Gasteiger partial charge is 0.325 e. The lowest BCUT2D eigenvalue weighted by Crippen LogP contribution is -2.08. The lowest BCUT2D eigenvalue weighted by molar-refractivity contribution is -0.137. The van der Waals surface area contributed by atoms with Crippen molar-refractivity contribution in [3.8, 4) is 17.0 Å². The third-order valence-electron chi connectivity index (χ3n) is 2.56. The topological polar surface area (TPSA) is 81.4 Å². The maximum absolute atomic E-state index is 11.0. The Kier molecular flexibility index (Phi) is 3.61. The zero-order valence-electron chi connectivity index (χ0n) is 10.2. The van der Waals surface area contributed by atoms with E-state index in [2.05, 4.69) is 5.10 Å². The largest absolute Gasteiger partial charge is 0.497 e. The van der Waals surface area contributed by atoms with Gasteiger partial charge in [0.15, 0.2) is 6.29 Å². The van der Waals surface area contributed by atoms with Crippen LogP contribution in [0.15, 0.2) is 30.5 Å². The highest BCUT2D eigenvalue weighted by molar-refractivity contribution is 5.85. The molecule has 0 fully saturated rings. The molecule has 0 aliphatic rings. The lowest BCUT2D eigenvalue weighted by Gasteiger charge is -2.02. The Morgan fingerprint density at radius 2 is 2.32 bits per heavy atom. The predicted molar refractivity (Wildman–Crippen MR) is 67.2 cm³/mol. The van der Waals surface area contributed by atoms with Crippen LogP contribution in [-0.2, 0) is 11.3 Å². The van der Waals surface area contributed by atoms with Crippen LogP contribution in [0.4, 0.5) is 0 Å². The molecule has 0 aliphatic heterocycles. The first-order valence-electron chi connectivity index (χ1n) is 5.53. The first-order valence-corrected chi connectivity index (χ1v) is 5.53. The fourth-order valence-electron chi connectivity index (χ4n) is 1.74. The van der Waals surface area contributed by atoms with Gasteiger partial charge in [0.1, 0.15) is 18.0 Å². The number of carboxylic acids is 1. The third kappa shape index (κ3) is 2.79. The number of benzene rings is 1.